The minimum Gasteiger partial charge on any atom is -0.494 e. The van der Waals surface area contributed by atoms with Gasteiger partial charge in [0.15, 0.2) is 17.2 Å². The molecule has 160 valence electrons. The van der Waals surface area contributed by atoms with Gasteiger partial charge in [-0.1, -0.05) is 17.7 Å². The van der Waals surface area contributed by atoms with Crippen LogP contribution < -0.4 is 10.1 Å². The van der Waals surface area contributed by atoms with Crippen molar-refractivity contribution in [3.8, 4) is 17.1 Å². The van der Waals surface area contributed by atoms with Crippen molar-refractivity contribution >= 4 is 34.1 Å². The third-order valence-corrected chi connectivity index (χ3v) is 5.49. The number of imidazole rings is 1. The average Bonchev–Trinajstić information content (AvgIpc) is 3.40. The number of rotatable bonds is 5. The second-order valence-corrected chi connectivity index (χ2v) is 7.78. The number of methoxy groups -OCH3 is 1. The molecule has 1 atom stereocenters. The number of aryl methyl sites for hydroxylation is 1. The second kappa shape index (κ2) is 8.16. The number of nitrogens with zero attached hydrogens (tertiary/aromatic N) is 6. The van der Waals surface area contributed by atoms with Gasteiger partial charge in [-0.3, -0.25) is 9.25 Å². The summed E-state index contributed by atoms with van der Waals surface area (Å²) in [5.74, 6) is 1.21. The molecule has 10 heteroatoms. The molecule has 1 N–H and O–H groups in total. The van der Waals surface area contributed by atoms with Crippen LogP contribution in [0.2, 0.25) is 5.15 Å². The highest BCUT2D eigenvalue weighted by atomic mass is 35.5. The number of halogens is 1. The van der Waals surface area contributed by atoms with E-state index in [1.807, 2.05) is 29.8 Å². The molecular weight excluding hydrogens is 418 g/mol. The van der Waals surface area contributed by atoms with E-state index in [1.54, 1.807) is 30.5 Å². The van der Waals surface area contributed by atoms with E-state index in [2.05, 4.69) is 25.4 Å². The Morgan fingerprint density at radius 3 is 2.84 bits per heavy atom. The van der Waals surface area contributed by atoms with Gasteiger partial charge in [0.25, 0.3) is 0 Å². The number of benzene rings is 1. The lowest BCUT2D eigenvalue weighted by atomic mass is 10.1. The van der Waals surface area contributed by atoms with Gasteiger partial charge in [-0.05, 0) is 31.4 Å². The van der Waals surface area contributed by atoms with Crippen molar-refractivity contribution in [1.29, 1.82) is 0 Å². The normalized spacial score (nSPS) is 16.5. The number of hydrogen-bond donors (Lipinski definition) is 1. The fourth-order valence-corrected chi connectivity index (χ4v) is 4.05. The predicted octanol–water partition coefficient (Wildman–Crippen LogP) is 4.33. The summed E-state index contributed by atoms with van der Waals surface area (Å²) in [4.78, 5) is 13.5. The third-order valence-electron chi connectivity index (χ3n) is 5.29. The van der Waals surface area contributed by atoms with E-state index in [0.717, 1.165) is 42.8 Å². The summed E-state index contributed by atoms with van der Waals surface area (Å²) < 4.78 is 15.2. The van der Waals surface area contributed by atoms with Crippen LogP contribution in [0.4, 0.5) is 11.4 Å². The zero-order valence-corrected chi connectivity index (χ0v) is 18.0. The Hall–Kier alpha value is -3.17. The first kappa shape index (κ1) is 19.8. The molecule has 0 aliphatic carbocycles. The molecule has 4 aromatic rings. The van der Waals surface area contributed by atoms with Crippen LogP contribution in [0, 0.1) is 0 Å². The maximum Gasteiger partial charge on any atom is 0.184 e. The first-order valence-electron chi connectivity index (χ1n) is 10.1. The second-order valence-electron chi connectivity index (χ2n) is 7.39. The summed E-state index contributed by atoms with van der Waals surface area (Å²) in [6.45, 7) is 0.738. The molecule has 1 saturated heterocycles. The standard InChI is InChI=1S/C21H22ClN7O2/c1-28-11-24-20(27-28)13-6-5-7-14(19(13)30-2)25-15-10-16(22)26-21-18(15)23-12-29(21)17-8-3-4-9-31-17/h5-7,10-12,17H,3-4,8-9H2,1-2H3,(H,25,26). The molecule has 1 unspecified atom stereocenters. The Balaban J connectivity index is 1.56. The quantitative estimate of drug-likeness (QED) is 0.462. The van der Waals surface area contributed by atoms with Gasteiger partial charge in [0.1, 0.15) is 23.2 Å². The zero-order valence-electron chi connectivity index (χ0n) is 17.2. The van der Waals surface area contributed by atoms with E-state index in [0.29, 0.717) is 27.9 Å². The van der Waals surface area contributed by atoms with Crippen molar-refractivity contribution in [2.75, 3.05) is 19.0 Å². The SMILES string of the molecule is COc1c(Nc2cc(Cl)nc3c2ncn3C2CCCCO2)cccc1-c1ncn(C)n1. The van der Waals surface area contributed by atoms with Crippen LogP contribution in [-0.4, -0.2) is 43.0 Å². The van der Waals surface area contributed by atoms with Crippen molar-refractivity contribution in [2.24, 2.45) is 7.05 Å². The number of para-hydroxylation sites is 1. The van der Waals surface area contributed by atoms with Crippen LogP contribution in [0.25, 0.3) is 22.6 Å². The Labute approximate surface area is 184 Å². The van der Waals surface area contributed by atoms with Crippen molar-refractivity contribution < 1.29 is 9.47 Å². The van der Waals surface area contributed by atoms with E-state index < -0.39 is 0 Å². The molecule has 5 rings (SSSR count). The number of nitrogens with one attached hydrogen (secondary N) is 1. The fourth-order valence-electron chi connectivity index (χ4n) is 3.86. The molecule has 0 saturated carbocycles. The Morgan fingerprint density at radius 2 is 2.10 bits per heavy atom. The first-order valence-corrected chi connectivity index (χ1v) is 10.5. The molecular formula is C21H22ClN7O2. The van der Waals surface area contributed by atoms with Gasteiger partial charge >= 0.3 is 0 Å². The van der Waals surface area contributed by atoms with Gasteiger partial charge < -0.3 is 14.8 Å². The lowest BCUT2D eigenvalue weighted by molar-refractivity contribution is -0.0298. The van der Waals surface area contributed by atoms with Crippen LogP contribution >= 0.6 is 11.6 Å². The monoisotopic (exact) mass is 439 g/mol. The van der Waals surface area contributed by atoms with Gasteiger partial charge in [-0.2, -0.15) is 5.10 Å². The molecule has 1 aromatic carbocycles. The van der Waals surface area contributed by atoms with E-state index in [9.17, 15) is 0 Å². The summed E-state index contributed by atoms with van der Waals surface area (Å²) in [7, 11) is 3.45. The molecule has 0 amide bonds. The van der Waals surface area contributed by atoms with E-state index in [1.165, 1.54) is 0 Å². The van der Waals surface area contributed by atoms with Gasteiger partial charge in [0.2, 0.25) is 0 Å². The molecule has 0 bridgehead atoms. The molecule has 31 heavy (non-hydrogen) atoms. The van der Waals surface area contributed by atoms with Crippen molar-refractivity contribution in [3.63, 3.8) is 0 Å². The summed E-state index contributed by atoms with van der Waals surface area (Å²) in [6.07, 6.45) is 6.45. The third kappa shape index (κ3) is 3.70. The van der Waals surface area contributed by atoms with Crippen molar-refractivity contribution in [3.05, 3.63) is 42.1 Å². The minimum absolute atomic E-state index is 0.0781. The topological polar surface area (TPSA) is 91.9 Å². The Bertz CT molecular complexity index is 1230. The molecule has 3 aromatic heterocycles. The number of pyridine rings is 1. The highest BCUT2D eigenvalue weighted by Gasteiger charge is 2.21. The van der Waals surface area contributed by atoms with E-state index in [-0.39, 0.29) is 6.23 Å². The van der Waals surface area contributed by atoms with Gasteiger partial charge in [-0.15, -0.1) is 0 Å². The number of ether oxygens (including phenoxy) is 2. The molecule has 0 spiro atoms. The summed E-state index contributed by atoms with van der Waals surface area (Å²) in [5, 5.41) is 8.18. The maximum atomic E-state index is 6.37. The van der Waals surface area contributed by atoms with Gasteiger partial charge in [-0.25, -0.2) is 15.0 Å². The molecule has 0 radical (unpaired) electrons. The first-order chi connectivity index (χ1) is 15.1. The minimum atomic E-state index is -0.0781. The molecule has 1 fully saturated rings. The summed E-state index contributed by atoms with van der Waals surface area (Å²) in [6, 6.07) is 7.52. The van der Waals surface area contributed by atoms with Crippen LogP contribution in [0.3, 0.4) is 0 Å². The van der Waals surface area contributed by atoms with Gasteiger partial charge in [0, 0.05) is 19.7 Å². The average molecular weight is 440 g/mol. The lowest BCUT2D eigenvalue weighted by Crippen LogP contribution is -2.17. The molecule has 1 aliphatic heterocycles. The van der Waals surface area contributed by atoms with Crippen LogP contribution in [0.5, 0.6) is 5.75 Å². The van der Waals surface area contributed by atoms with Crippen molar-refractivity contribution in [1.82, 2.24) is 29.3 Å². The number of anilines is 2. The van der Waals surface area contributed by atoms with Gasteiger partial charge in [0.05, 0.1) is 30.4 Å². The maximum absolute atomic E-state index is 6.37. The number of hydrogen-bond acceptors (Lipinski definition) is 7. The summed E-state index contributed by atoms with van der Waals surface area (Å²) in [5.41, 5.74) is 3.66. The highest BCUT2D eigenvalue weighted by molar-refractivity contribution is 6.30. The van der Waals surface area contributed by atoms with Crippen molar-refractivity contribution in [2.45, 2.75) is 25.5 Å². The molecule has 1 aliphatic rings. The van der Waals surface area contributed by atoms with Crippen LogP contribution in [0.15, 0.2) is 36.9 Å². The predicted molar refractivity (Wildman–Crippen MR) is 118 cm³/mol. The zero-order chi connectivity index (χ0) is 21.4. The van der Waals surface area contributed by atoms with E-state index >= 15 is 0 Å². The molecule has 9 nitrogen and oxygen atoms in total. The summed E-state index contributed by atoms with van der Waals surface area (Å²) >= 11 is 6.37. The van der Waals surface area contributed by atoms with Crippen LogP contribution in [0.1, 0.15) is 25.5 Å². The Kier molecular flexibility index (Phi) is 5.21. The molecule has 4 heterocycles. The number of aromatic nitrogens is 6. The smallest absolute Gasteiger partial charge is 0.184 e. The Morgan fingerprint density at radius 1 is 1.19 bits per heavy atom. The van der Waals surface area contributed by atoms with Crippen LogP contribution in [-0.2, 0) is 11.8 Å². The highest BCUT2D eigenvalue weighted by Crippen LogP contribution is 2.38. The largest absolute Gasteiger partial charge is 0.494 e. The fraction of sp³-hybridized carbons (Fsp3) is 0.333. The van der Waals surface area contributed by atoms with E-state index in [4.69, 9.17) is 21.1 Å². The number of fused-ring (bicyclic) bond motifs is 1. The lowest BCUT2D eigenvalue weighted by Gasteiger charge is -2.23.